The van der Waals surface area contributed by atoms with Crippen molar-refractivity contribution in [1.82, 2.24) is 15.5 Å². The Labute approximate surface area is 176 Å². The van der Waals surface area contributed by atoms with Crippen LogP contribution in [0.15, 0.2) is 54.6 Å². The van der Waals surface area contributed by atoms with Crippen LogP contribution in [0, 0.1) is 0 Å². The molecule has 2 aromatic rings. The molecule has 2 unspecified atom stereocenters. The summed E-state index contributed by atoms with van der Waals surface area (Å²) in [7, 11) is 1.96. The smallest absolute Gasteiger partial charge is 0.325 e. The fourth-order valence-corrected chi connectivity index (χ4v) is 4.25. The van der Waals surface area contributed by atoms with E-state index in [0.29, 0.717) is 13.0 Å². The van der Waals surface area contributed by atoms with Gasteiger partial charge in [-0.1, -0.05) is 42.5 Å². The van der Waals surface area contributed by atoms with Gasteiger partial charge >= 0.3 is 6.03 Å². The zero-order valence-corrected chi connectivity index (χ0v) is 17.2. The highest BCUT2D eigenvalue weighted by atomic mass is 16.2. The van der Waals surface area contributed by atoms with Crippen LogP contribution in [0.2, 0.25) is 0 Å². The summed E-state index contributed by atoms with van der Waals surface area (Å²) in [6.07, 6.45) is 1.25. The van der Waals surface area contributed by atoms with Gasteiger partial charge in [0.2, 0.25) is 5.91 Å². The second kappa shape index (κ2) is 7.82. The maximum Gasteiger partial charge on any atom is 0.325 e. The van der Waals surface area contributed by atoms with Gasteiger partial charge in [-0.2, -0.15) is 0 Å². The third-order valence-corrected chi connectivity index (χ3v) is 6.14. The summed E-state index contributed by atoms with van der Waals surface area (Å²) in [5.74, 6) is -0.697. The van der Waals surface area contributed by atoms with Crippen molar-refractivity contribution >= 4 is 23.5 Å². The number of hydrogen-bond acceptors (Lipinski definition) is 4. The maximum atomic E-state index is 13.1. The minimum absolute atomic E-state index is 0.0486. The van der Waals surface area contributed by atoms with Gasteiger partial charge in [-0.3, -0.25) is 14.5 Å². The van der Waals surface area contributed by atoms with Crippen LogP contribution in [-0.2, 0) is 21.5 Å². The number of carbonyl (C=O) groups is 3. The van der Waals surface area contributed by atoms with Gasteiger partial charge in [0.15, 0.2) is 0 Å². The van der Waals surface area contributed by atoms with Gasteiger partial charge in [-0.05, 0) is 43.0 Å². The van der Waals surface area contributed by atoms with Crippen LogP contribution in [0.3, 0.4) is 0 Å². The van der Waals surface area contributed by atoms with Crippen molar-refractivity contribution in [3.05, 3.63) is 65.7 Å². The molecule has 2 N–H and O–H groups in total. The summed E-state index contributed by atoms with van der Waals surface area (Å²) < 4.78 is 0. The molecule has 7 nitrogen and oxygen atoms in total. The van der Waals surface area contributed by atoms with E-state index >= 15 is 0 Å². The Balaban J connectivity index is 1.37. The van der Waals surface area contributed by atoms with E-state index in [1.807, 2.05) is 68.6 Å². The molecule has 0 aromatic heterocycles. The Morgan fingerprint density at radius 2 is 1.87 bits per heavy atom. The number of hydrogen-bond donors (Lipinski definition) is 2. The number of para-hydroxylation sites is 1. The Morgan fingerprint density at radius 1 is 1.17 bits per heavy atom. The van der Waals surface area contributed by atoms with Gasteiger partial charge < -0.3 is 15.5 Å². The number of urea groups is 1. The fraction of sp³-hybridized carbons (Fsp3) is 0.348. The first kappa shape index (κ1) is 19.9. The highest BCUT2D eigenvalue weighted by Crippen LogP contribution is 2.41. The molecule has 0 radical (unpaired) electrons. The molecule has 30 heavy (non-hydrogen) atoms. The molecule has 1 fully saturated rings. The van der Waals surface area contributed by atoms with Crippen molar-refractivity contribution in [2.75, 3.05) is 25.0 Å². The molecule has 2 atom stereocenters. The zero-order valence-electron chi connectivity index (χ0n) is 17.2. The number of nitrogens with one attached hydrogen (secondary N) is 2. The van der Waals surface area contributed by atoms with Gasteiger partial charge in [0.25, 0.3) is 5.91 Å². The van der Waals surface area contributed by atoms with Gasteiger partial charge in [-0.25, -0.2) is 4.79 Å². The van der Waals surface area contributed by atoms with Crippen molar-refractivity contribution in [1.29, 1.82) is 0 Å². The number of imide groups is 1. The normalized spacial score (nSPS) is 20.8. The Morgan fingerprint density at radius 3 is 2.63 bits per heavy atom. The predicted molar refractivity (Wildman–Crippen MR) is 114 cm³/mol. The number of carbonyl (C=O) groups excluding carboxylic acids is 3. The van der Waals surface area contributed by atoms with Crippen molar-refractivity contribution in [2.45, 2.75) is 31.3 Å². The van der Waals surface area contributed by atoms with Crippen LogP contribution < -0.4 is 15.5 Å². The number of fused-ring (bicyclic) bond motifs is 2. The lowest BCUT2D eigenvalue weighted by Gasteiger charge is -2.27. The second-order valence-electron chi connectivity index (χ2n) is 7.98. The molecule has 156 valence electrons. The number of nitrogens with zero attached hydrogens (tertiary/aromatic N) is 2. The quantitative estimate of drug-likeness (QED) is 0.719. The van der Waals surface area contributed by atoms with Crippen molar-refractivity contribution in [2.24, 2.45) is 0 Å². The number of aryl methyl sites for hydroxylation is 1. The van der Waals surface area contributed by atoms with E-state index in [1.54, 1.807) is 0 Å². The summed E-state index contributed by atoms with van der Waals surface area (Å²) in [6.45, 7) is 2.13. The molecule has 1 heterocycles. The van der Waals surface area contributed by atoms with Crippen molar-refractivity contribution in [3.8, 4) is 0 Å². The zero-order chi connectivity index (χ0) is 21.3. The monoisotopic (exact) mass is 406 g/mol. The molecule has 1 saturated heterocycles. The minimum Gasteiger partial charge on any atom is -0.370 e. The molecule has 2 aliphatic rings. The van der Waals surface area contributed by atoms with Gasteiger partial charge in [0.05, 0.1) is 0 Å². The number of amides is 4. The summed E-state index contributed by atoms with van der Waals surface area (Å²) in [4.78, 5) is 41.2. The largest absolute Gasteiger partial charge is 0.370 e. The fourth-order valence-electron chi connectivity index (χ4n) is 4.25. The summed E-state index contributed by atoms with van der Waals surface area (Å²) in [6, 6.07) is 17.1. The lowest BCUT2D eigenvalue weighted by atomic mass is 9.92. The van der Waals surface area contributed by atoms with Crippen LogP contribution in [0.25, 0.3) is 0 Å². The molecule has 1 aliphatic carbocycles. The Hall–Kier alpha value is -3.35. The lowest BCUT2D eigenvalue weighted by molar-refractivity contribution is -0.135. The molecule has 1 spiro atoms. The van der Waals surface area contributed by atoms with E-state index in [9.17, 15) is 14.4 Å². The average molecular weight is 406 g/mol. The highest BCUT2D eigenvalue weighted by Gasteiger charge is 2.55. The van der Waals surface area contributed by atoms with E-state index in [0.717, 1.165) is 28.1 Å². The molecular formula is C23H26N4O3. The van der Waals surface area contributed by atoms with E-state index in [4.69, 9.17) is 0 Å². The first-order valence-corrected chi connectivity index (χ1v) is 10.2. The molecule has 4 rings (SSSR count). The number of likely N-dealkylation sites (N-methyl/N-ethyl adjacent to an activating group) is 1. The van der Waals surface area contributed by atoms with Crippen LogP contribution in [0.1, 0.15) is 24.5 Å². The number of benzene rings is 2. The standard InChI is InChI=1S/C23H26N4O3/c1-16(26(2)18-9-4-3-5-10-18)14-24-20(28)15-27-21(29)23(25-22(27)30)13-12-17-8-6-7-11-19(17)23/h3-11,16H,12-15H2,1-2H3,(H,24,28)(H,25,30). The van der Waals surface area contributed by atoms with Crippen LogP contribution >= 0.6 is 0 Å². The topological polar surface area (TPSA) is 81.8 Å². The van der Waals surface area contributed by atoms with Crippen molar-refractivity contribution in [3.63, 3.8) is 0 Å². The van der Waals surface area contributed by atoms with E-state index in [2.05, 4.69) is 15.5 Å². The second-order valence-corrected chi connectivity index (χ2v) is 7.98. The van der Waals surface area contributed by atoms with Crippen molar-refractivity contribution < 1.29 is 14.4 Å². The van der Waals surface area contributed by atoms with E-state index in [-0.39, 0.29) is 24.4 Å². The number of anilines is 1. The molecular weight excluding hydrogens is 380 g/mol. The van der Waals surface area contributed by atoms with Crippen LogP contribution in [0.5, 0.6) is 0 Å². The van der Waals surface area contributed by atoms with Crippen LogP contribution in [0.4, 0.5) is 10.5 Å². The summed E-state index contributed by atoms with van der Waals surface area (Å²) >= 11 is 0. The molecule has 7 heteroatoms. The molecule has 0 saturated carbocycles. The van der Waals surface area contributed by atoms with E-state index < -0.39 is 11.6 Å². The molecule has 0 bridgehead atoms. The highest BCUT2D eigenvalue weighted by molar-refractivity contribution is 6.09. The third-order valence-electron chi connectivity index (χ3n) is 6.14. The Kier molecular flexibility index (Phi) is 5.20. The first-order valence-electron chi connectivity index (χ1n) is 10.2. The minimum atomic E-state index is -1.03. The SMILES string of the molecule is CC(CNC(=O)CN1C(=O)NC2(CCc3ccccc32)C1=O)N(C)c1ccccc1. The molecule has 2 aromatic carbocycles. The maximum absolute atomic E-state index is 13.1. The average Bonchev–Trinajstić information content (AvgIpc) is 3.25. The Bertz CT molecular complexity index is 977. The van der Waals surface area contributed by atoms with Gasteiger partial charge in [0, 0.05) is 25.3 Å². The molecule has 4 amide bonds. The summed E-state index contributed by atoms with van der Waals surface area (Å²) in [5, 5.41) is 5.69. The molecule has 1 aliphatic heterocycles. The number of rotatable bonds is 6. The first-order chi connectivity index (χ1) is 14.4. The van der Waals surface area contributed by atoms with E-state index in [1.165, 1.54) is 0 Å². The summed E-state index contributed by atoms with van der Waals surface area (Å²) in [5.41, 5.74) is 1.92. The van der Waals surface area contributed by atoms with Gasteiger partial charge in [0.1, 0.15) is 12.1 Å². The predicted octanol–water partition coefficient (Wildman–Crippen LogP) is 2.02. The lowest BCUT2D eigenvalue weighted by Crippen LogP contribution is -2.46. The third kappa shape index (κ3) is 3.40. The van der Waals surface area contributed by atoms with Gasteiger partial charge in [-0.15, -0.1) is 0 Å². The van der Waals surface area contributed by atoms with Crippen LogP contribution in [-0.4, -0.2) is 48.9 Å².